The molecule has 2 saturated heterocycles. The van der Waals surface area contributed by atoms with Crippen LogP contribution in [0, 0.1) is 5.92 Å². The number of carboxylic acid groups (broad SMARTS) is 3. The van der Waals surface area contributed by atoms with Crippen molar-refractivity contribution >= 4 is 100 Å². The van der Waals surface area contributed by atoms with Crippen LogP contribution in [0.1, 0.15) is 64.4 Å². The van der Waals surface area contributed by atoms with Crippen LogP contribution in [0.5, 0.6) is 0 Å². The average Bonchev–Trinajstić information content (AvgIpc) is 4.10. The SMILES string of the molecule is CSCC[C@H](NC(=O)[C@H](CC(=O)O)NC(=O)[C@@H](N)CS)C(=O)N1CCC[C@H]1C(=O)N[C@H](C(=O)N[C@@H](Cc1c[nH]c2ccccc12)C(=O)N1CCC[C@H]1C(=O)N[C@@H](CC(=O)O)C(=O)NCC(=O)O)C(C)C. The molecule has 0 spiro atoms. The van der Waals surface area contributed by atoms with Crippen molar-refractivity contribution in [1.82, 2.24) is 46.7 Å². The number of nitrogens with one attached hydrogen (secondary N) is 7. The van der Waals surface area contributed by atoms with E-state index in [-0.39, 0.29) is 44.5 Å². The topological polar surface area (TPSA) is 369 Å². The second kappa shape index (κ2) is 26.5. The van der Waals surface area contributed by atoms with Crippen LogP contribution >= 0.6 is 24.4 Å². The van der Waals surface area contributed by atoms with E-state index in [1.54, 1.807) is 38.4 Å². The zero-order valence-corrected chi connectivity index (χ0v) is 40.6. The van der Waals surface area contributed by atoms with Gasteiger partial charge in [0.05, 0.1) is 18.9 Å². The molecule has 2 aliphatic heterocycles. The summed E-state index contributed by atoms with van der Waals surface area (Å²) >= 11 is 5.33. The molecule has 8 amide bonds. The van der Waals surface area contributed by atoms with Crippen molar-refractivity contribution in [2.24, 2.45) is 11.7 Å². The zero-order valence-electron chi connectivity index (χ0n) is 38.9. The van der Waals surface area contributed by atoms with Gasteiger partial charge in [0.15, 0.2) is 0 Å². The molecule has 4 rings (SSSR count). The third-order valence-electron chi connectivity index (χ3n) is 11.8. The highest BCUT2D eigenvalue weighted by Crippen LogP contribution is 2.25. The molecule has 0 bridgehead atoms. The minimum absolute atomic E-state index is 0.0410. The van der Waals surface area contributed by atoms with Gasteiger partial charge in [-0.2, -0.15) is 24.4 Å². The van der Waals surface area contributed by atoms with Crippen molar-refractivity contribution < 1.29 is 68.1 Å². The van der Waals surface area contributed by atoms with E-state index in [4.69, 9.17) is 10.8 Å². The summed E-state index contributed by atoms with van der Waals surface area (Å²) in [7, 11) is 0. The second-order valence-corrected chi connectivity index (χ2v) is 18.6. The van der Waals surface area contributed by atoms with Gasteiger partial charge in [0.2, 0.25) is 47.3 Å². The Morgan fingerprint density at radius 1 is 0.729 bits per heavy atom. The van der Waals surface area contributed by atoms with Crippen LogP contribution in [-0.4, -0.2) is 181 Å². The number of aromatic nitrogens is 1. The molecule has 70 heavy (non-hydrogen) atoms. The number of carbonyl (C=O) groups excluding carboxylic acids is 8. The van der Waals surface area contributed by atoms with Gasteiger partial charge in [-0.3, -0.25) is 52.7 Å². The fourth-order valence-electron chi connectivity index (χ4n) is 8.22. The van der Waals surface area contributed by atoms with E-state index in [1.807, 2.05) is 17.4 Å². The predicted molar refractivity (Wildman–Crippen MR) is 256 cm³/mol. The first-order valence-corrected chi connectivity index (χ1v) is 24.7. The molecule has 2 fully saturated rings. The fourth-order valence-corrected chi connectivity index (χ4v) is 8.86. The number of carboxylic acids is 3. The first kappa shape index (κ1) is 56.2. The van der Waals surface area contributed by atoms with Gasteiger partial charge in [0.1, 0.15) is 48.8 Å². The standard InChI is InChI=1S/C44H62N10O14S2/c1-22(2)36(52-41(65)32-11-7-13-53(32)43(67)27(12-15-70-3)48-39(63)29(18-34(57)58)49-37(61)25(45)21-69)42(66)51-30(16-23-19-46-26-9-5-4-8-24(23)26)44(68)54-14-6-10-31(54)40(64)50-28(17-33(55)56)38(62)47-20-35(59)60/h4-5,8-9,19,22,25,27-32,36,46,69H,6-7,10-18,20-21,45H2,1-3H3,(H,47,62)(H,48,63)(H,49,61)(H,50,64)(H,51,66)(H,52,65)(H,55,56)(H,57,58)(H,59,60)/t25-,27-,28-,29-,30-,31-,32-,36-/m0/s1. The van der Waals surface area contributed by atoms with E-state index in [1.165, 1.54) is 21.6 Å². The summed E-state index contributed by atoms with van der Waals surface area (Å²) in [4.78, 5) is 150. The molecule has 2 aromatic rings. The molecule has 0 aliphatic carbocycles. The van der Waals surface area contributed by atoms with Crippen LogP contribution in [0.2, 0.25) is 0 Å². The molecule has 0 saturated carbocycles. The van der Waals surface area contributed by atoms with Crippen molar-refractivity contribution in [3.8, 4) is 0 Å². The maximum absolute atomic E-state index is 14.6. The summed E-state index contributed by atoms with van der Waals surface area (Å²) in [6.07, 6.45) is 2.71. The number of likely N-dealkylation sites (tertiary alicyclic amines) is 2. The lowest BCUT2D eigenvalue weighted by Crippen LogP contribution is -2.61. The van der Waals surface area contributed by atoms with E-state index in [0.29, 0.717) is 24.2 Å². The molecular weight excluding hydrogens is 957 g/mol. The maximum atomic E-state index is 14.6. The van der Waals surface area contributed by atoms with Crippen LogP contribution in [0.3, 0.4) is 0 Å². The highest BCUT2D eigenvalue weighted by Gasteiger charge is 2.43. The summed E-state index contributed by atoms with van der Waals surface area (Å²) in [5.41, 5.74) is 7.07. The van der Waals surface area contributed by atoms with E-state index in [9.17, 15) is 63.0 Å². The van der Waals surface area contributed by atoms with Gasteiger partial charge >= 0.3 is 17.9 Å². The second-order valence-electron chi connectivity index (χ2n) is 17.3. The Bertz CT molecular complexity index is 2280. The molecule has 1 aromatic carbocycles. The number of aromatic amines is 1. The Balaban J connectivity index is 1.57. The highest BCUT2D eigenvalue weighted by atomic mass is 32.2. The van der Waals surface area contributed by atoms with Crippen LogP contribution in [0.15, 0.2) is 30.5 Å². The van der Waals surface area contributed by atoms with Gasteiger partial charge in [-0.05, 0) is 61.7 Å². The largest absolute Gasteiger partial charge is 0.481 e. The maximum Gasteiger partial charge on any atom is 0.322 e. The van der Waals surface area contributed by atoms with E-state index >= 15 is 0 Å². The number of carbonyl (C=O) groups is 11. The molecule has 26 heteroatoms. The fraction of sp³-hybridized carbons (Fsp3) is 0.568. The Labute approximate surface area is 412 Å². The van der Waals surface area contributed by atoms with Gasteiger partial charge < -0.3 is 67.7 Å². The summed E-state index contributed by atoms with van der Waals surface area (Å²) in [5, 5.41) is 43.4. The van der Waals surface area contributed by atoms with E-state index < -0.39 is 139 Å². The van der Waals surface area contributed by atoms with Gasteiger partial charge in [-0.1, -0.05) is 32.0 Å². The van der Waals surface area contributed by atoms with Crippen LogP contribution in [-0.2, 0) is 59.2 Å². The number of nitrogens with two attached hydrogens (primary N) is 1. The summed E-state index contributed by atoms with van der Waals surface area (Å²) < 4.78 is 0. The number of H-pyrrole nitrogens is 1. The van der Waals surface area contributed by atoms with Crippen molar-refractivity contribution in [1.29, 1.82) is 0 Å². The molecule has 384 valence electrons. The zero-order chi connectivity index (χ0) is 51.8. The number of thioether (sulfide) groups is 1. The number of amides is 8. The Morgan fingerprint density at radius 2 is 1.27 bits per heavy atom. The summed E-state index contributed by atoms with van der Waals surface area (Å²) in [5.74, 6) is -11.1. The van der Waals surface area contributed by atoms with Gasteiger partial charge in [-0.25, -0.2) is 0 Å². The highest BCUT2D eigenvalue weighted by molar-refractivity contribution is 7.98. The molecule has 1 aromatic heterocycles. The summed E-state index contributed by atoms with van der Waals surface area (Å²) in [6.45, 7) is 2.62. The molecule has 3 heterocycles. The van der Waals surface area contributed by atoms with Crippen molar-refractivity contribution in [3.05, 3.63) is 36.0 Å². The number of rotatable bonds is 26. The lowest BCUT2D eigenvalue weighted by molar-refractivity contribution is -0.144. The smallest absolute Gasteiger partial charge is 0.322 e. The number of aliphatic carboxylic acids is 3. The lowest BCUT2D eigenvalue weighted by atomic mass is 9.99. The van der Waals surface area contributed by atoms with Crippen LogP contribution in [0.4, 0.5) is 0 Å². The number of hydrogen-bond donors (Lipinski definition) is 12. The molecule has 12 N–H and O–H groups in total. The van der Waals surface area contributed by atoms with E-state index in [2.05, 4.69) is 44.2 Å². The minimum Gasteiger partial charge on any atom is -0.481 e. The van der Waals surface area contributed by atoms with Gasteiger partial charge in [0.25, 0.3) is 0 Å². The number of fused-ring (bicyclic) bond motifs is 1. The molecule has 8 atom stereocenters. The number of thiol groups is 1. The quantitative estimate of drug-likeness (QED) is 0.0451. The van der Waals surface area contributed by atoms with Crippen molar-refractivity contribution in [2.75, 3.05) is 37.4 Å². The number of para-hydroxylation sites is 1. The Hall–Kier alpha value is -6.41. The minimum atomic E-state index is -1.68. The molecule has 24 nitrogen and oxygen atoms in total. The van der Waals surface area contributed by atoms with Crippen LogP contribution in [0.25, 0.3) is 10.9 Å². The Kier molecular flexibility index (Phi) is 21.3. The number of benzene rings is 1. The Morgan fingerprint density at radius 3 is 1.83 bits per heavy atom. The third kappa shape index (κ3) is 15.5. The first-order valence-electron chi connectivity index (χ1n) is 22.6. The van der Waals surface area contributed by atoms with Crippen LogP contribution < -0.4 is 37.6 Å². The normalized spacial score (nSPS) is 18.1. The van der Waals surface area contributed by atoms with E-state index in [0.717, 1.165) is 10.9 Å². The molecule has 0 radical (unpaired) electrons. The van der Waals surface area contributed by atoms with Gasteiger partial charge in [-0.15, -0.1) is 0 Å². The number of hydrogen-bond acceptors (Lipinski definition) is 14. The predicted octanol–water partition coefficient (Wildman–Crippen LogP) is -2.07. The van der Waals surface area contributed by atoms with Gasteiger partial charge in [0, 0.05) is 42.4 Å². The number of nitrogens with zero attached hydrogens (tertiary/aromatic N) is 2. The van der Waals surface area contributed by atoms with Crippen molar-refractivity contribution in [3.63, 3.8) is 0 Å². The van der Waals surface area contributed by atoms with Crippen molar-refractivity contribution in [2.45, 2.75) is 114 Å². The molecule has 2 aliphatic rings. The first-order chi connectivity index (χ1) is 33.2. The lowest BCUT2D eigenvalue weighted by Gasteiger charge is -2.32. The monoisotopic (exact) mass is 1020 g/mol. The molecular formula is C44H62N10O14S2. The average molecular weight is 1020 g/mol. The summed E-state index contributed by atoms with van der Waals surface area (Å²) in [6, 6.07) is -3.40. The third-order valence-corrected chi connectivity index (χ3v) is 12.9. The molecule has 0 unspecified atom stereocenters.